The van der Waals surface area contributed by atoms with E-state index in [-0.39, 0.29) is 0 Å². The lowest BCUT2D eigenvalue weighted by atomic mass is 10.4. The van der Waals surface area contributed by atoms with Crippen LogP contribution in [0.1, 0.15) is 18.4 Å². The van der Waals surface area contributed by atoms with Crippen LogP contribution in [-0.2, 0) is 0 Å². The van der Waals surface area contributed by atoms with Gasteiger partial charge in [0.2, 0.25) is 0 Å². The smallest absolute Gasteiger partial charge is 0.174 e. The lowest BCUT2D eigenvalue weighted by Gasteiger charge is -2.02. The fourth-order valence-electron chi connectivity index (χ4n) is 0.742. The number of nitrogens with zero attached hydrogens (tertiary/aromatic N) is 3. The highest BCUT2D eigenvalue weighted by molar-refractivity contribution is 8.01. The molecular formula is C7H11N3OS2. The number of oxime groups is 1. The zero-order valence-corrected chi connectivity index (χ0v) is 9.10. The first-order chi connectivity index (χ1) is 6.22. The predicted octanol–water partition coefficient (Wildman–Crippen LogP) is 2.18. The summed E-state index contributed by atoms with van der Waals surface area (Å²) in [7, 11) is 0. The van der Waals surface area contributed by atoms with Gasteiger partial charge < -0.3 is 5.21 Å². The Kier molecular flexibility index (Phi) is 4.17. The first-order valence-corrected chi connectivity index (χ1v) is 5.54. The first-order valence-electron chi connectivity index (χ1n) is 3.85. The summed E-state index contributed by atoms with van der Waals surface area (Å²) >= 11 is 3.23. The zero-order chi connectivity index (χ0) is 9.68. The van der Waals surface area contributed by atoms with Gasteiger partial charge in [0.1, 0.15) is 5.01 Å². The van der Waals surface area contributed by atoms with E-state index in [4.69, 9.17) is 5.21 Å². The standard InChI is InChI=1S/C7H11N3OS2/c1-5(3-4-8-11)12-7-10-9-6(2)13-7/h4-5,11H,3H2,1-2H3/b8-4+. The van der Waals surface area contributed by atoms with Crippen molar-refractivity contribution < 1.29 is 5.21 Å². The molecule has 1 aromatic rings. The Bertz CT molecular complexity index is 287. The minimum Gasteiger partial charge on any atom is -0.411 e. The number of thioether (sulfide) groups is 1. The van der Waals surface area contributed by atoms with Crippen LogP contribution in [0.2, 0.25) is 0 Å². The van der Waals surface area contributed by atoms with E-state index in [0.29, 0.717) is 5.25 Å². The number of hydrogen-bond donors (Lipinski definition) is 1. The van der Waals surface area contributed by atoms with Gasteiger partial charge in [0.25, 0.3) is 0 Å². The highest BCUT2D eigenvalue weighted by atomic mass is 32.2. The molecule has 0 aliphatic rings. The monoisotopic (exact) mass is 217 g/mol. The molecule has 1 aromatic heterocycles. The van der Waals surface area contributed by atoms with Crippen LogP contribution in [-0.4, -0.2) is 26.9 Å². The second kappa shape index (κ2) is 5.18. The molecule has 0 aliphatic carbocycles. The van der Waals surface area contributed by atoms with Crippen LogP contribution in [0.5, 0.6) is 0 Å². The van der Waals surface area contributed by atoms with E-state index in [0.717, 1.165) is 15.8 Å². The van der Waals surface area contributed by atoms with Gasteiger partial charge in [-0.2, -0.15) is 0 Å². The Morgan fingerprint density at radius 3 is 3.00 bits per heavy atom. The molecule has 0 saturated carbocycles. The van der Waals surface area contributed by atoms with E-state index in [1.807, 2.05) is 6.92 Å². The SMILES string of the molecule is Cc1nnc(SC(C)C/C=N/O)s1. The Labute approximate surface area is 85.1 Å². The van der Waals surface area contributed by atoms with Gasteiger partial charge in [-0.15, -0.1) is 15.4 Å². The Morgan fingerprint density at radius 1 is 1.69 bits per heavy atom. The van der Waals surface area contributed by atoms with Crippen LogP contribution >= 0.6 is 23.1 Å². The third kappa shape index (κ3) is 3.73. The van der Waals surface area contributed by atoms with Crippen molar-refractivity contribution in [2.75, 3.05) is 0 Å². The van der Waals surface area contributed by atoms with E-state index in [2.05, 4.69) is 22.3 Å². The fraction of sp³-hybridized carbons (Fsp3) is 0.571. The molecule has 0 saturated heterocycles. The average molecular weight is 217 g/mol. The molecule has 0 amide bonds. The normalized spacial score (nSPS) is 13.7. The fourth-order valence-corrected chi connectivity index (χ4v) is 2.82. The molecule has 0 radical (unpaired) electrons. The molecule has 1 heterocycles. The molecular weight excluding hydrogens is 206 g/mol. The molecule has 6 heteroatoms. The van der Waals surface area contributed by atoms with E-state index in [9.17, 15) is 0 Å². The van der Waals surface area contributed by atoms with Crippen molar-refractivity contribution in [1.29, 1.82) is 0 Å². The van der Waals surface area contributed by atoms with E-state index in [1.54, 1.807) is 23.1 Å². The molecule has 13 heavy (non-hydrogen) atoms. The number of aromatic nitrogens is 2. The van der Waals surface area contributed by atoms with Crippen LogP contribution in [0.15, 0.2) is 9.50 Å². The van der Waals surface area contributed by atoms with Gasteiger partial charge in [-0.3, -0.25) is 0 Å². The maximum atomic E-state index is 8.22. The van der Waals surface area contributed by atoms with Crippen molar-refractivity contribution in [3.63, 3.8) is 0 Å². The zero-order valence-electron chi connectivity index (χ0n) is 7.47. The van der Waals surface area contributed by atoms with Crippen LogP contribution in [0.25, 0.3) is 0 Å². The lowest BCUT2D eigenvalue weighted by molar-refractivity contribution is 0.320. The Hall–Kier alpha value is -0.620. The van der Waals surface area contributed by atoms with Crippen LogP contribution in [0.4, 0.5) is 0 Å². The van der Waals surface area contributed by atoms with E-state index < -0.39 is 0 Å². The predicted molar refractivity (Wildman–Crippen MR) is 54.9 cm³/mol. The highest BCUT2D eigenvalue weighted by Crippen LogP contribution is 2.27. The van der Waals surface area contributed by atoms with Crippen molar-refractivity contribution in [1.82, 2.24) is 10.2 Å². The van der Waals surface area contributed by atoms with Gasteiger partial charge in [-0.1, -0.05) is 30.0 Å². The third-order valence-electron chi connectivity index (χ3n) is 1.33. The van der Waals surface area contributed by atoms with Gasteiger partial charge >= 0.3 is 0 Å². The average Bonchev–Trinajstić information content (AvgIpc) is 2.48. The second-order valence-electron chi connectivity index (χ2n) is 2.55. The van der Waals surface area contributed by atoms with Crippen molar-refractivity contribution >= 4 is 29.3 Å². The number of aryl methyl sites for hydroxylation is 1. The molecule has 0 spiro atoms. The first kappa shape index (κ1) is 10.5. The van der Waals surface area contributed by atoms with Gasteiger partial charge in [-0.25, -0.2) is 0 Å². The number of rotatable bonds is 4. The Balaban J connectivity index is 2.40. The molecule has 1 N–H and O–H groups in total. The van der Waals surface area contributed by atoms with Crippen LogP contribution in [0, 0.1) is 6.92 Å². The van der Waals surface area contributed by atoms with Crippen molar-refractivity contribution in [2.24, 2.45) is 5.16 Å². The molecule has 0 aliphatic heterocycles. The summed E-state index contributed by atoms with van der Waals surface area (Å²) in [5.41, 5.74) is 0. The molecule has 0 bridgehead atoms. The molecule has 0 aromatic carbocycles. The van der Waals surface area contributed by atoms with Crippen LogP contribution < -0.4 is 0 Å². The Morgan fingerprint density at radius 2 is 2.46 bits per heavy atom. The molecule has 72 valence electrons. The highest BCUT2D eigenvalue weighted by Gasteiger charge is 2.06. The number of hydrogen-bond acceptors (Lipinski definition) is 6. The molecule has 1 rings (SSSR count). The molecule has 0 fully saturated rings. The molecule has 1 atom stereocenters. The lowest BCUT2D eigenvalue weighted by Crippen LogP contribution is -1.95. The third-order valence-corrected chi connectivity index (χ3v) is 3.38. The quantitative estimate of drug-likeness (QED) is 0.363. The van der Waals surface area contributed by atoms with Gasteiger partial charge in [0.15, 0.2) is 4.34 Å². The van der Waals surface area contributed by atoms with Crippen molar-refractivity contribution in [3.8, 4) is 0 Å². The summed E-state index contributed by atoms with van der Waals surface area (Å²) in [6, 6.07) is 0. The van der Waals surface area contributed by atoms with E-state index in [1.165, 1.54) is 6.21 Å². The second-order valence-corrected chi connectivity index (χ2v) is 5.42. The summed E-state index contributed by atoms with van der Waals surface area (Å²) in [6.07, 6.45) is 2.23. The van der Waals surface area contributed by atoms with Gasteiger partial charge in [-0.05, 0) is 13.3 Å². The van der Waals surface area contributed by atoms with Crippen molar-refractivity contribution in [2.45, 2.75) is 29.9 Å². The summed E-state index contributed by atoms with van der Waals surface area (Å²) in [5.74, 6) is 0. The molecule has 4 nitrogen and oxygen atoms in total. The minimum atomic E-state index is 0.364. The summed E-state index contributed by atoms with van der Waals surface area (Å²) in [4.78, 5) is 0. The largest absolute Gasteiger partial charge is 0.411 e. The molecule has 1 unspecified atom stereocenters. The maximum absolute atomic E-state index is 8.22. The minimum absolute atomic E-state index is 0.364. The van der Waals surface area contributed by atoms with Gasteiger partial charge in [0, 0.05) is 11.5 Å². The van der Waals surface area contributed by atoms with E-state index >= 15 is 0 Å². The summed E-state index contributed by atoms with van der Waals surface area (Å²) in [6.45, 7) is 3.99. The topological polar surface area (TPSA) is 58.4 Å². The van der Waals surface area contributed by atoms with Gasteiger partial charge in [0.05, 0.1) is 0 Å². The maximum Gasteiger partial charge on any atom is 0.174 e. The van der Waals surface area contributed by atoms with Crippen LogP contribution in [0.3, 0.4) is 0 Å². The summed E-state index contributed by atoms with van der Waals surface area (Å²) in [5, 5.41) is 20.4. The summed E-state index contributed by atoms with van der Waals surface area (Å²) < 4.78 is 0.969. The van der Waals surface area contributed by atoms with Crippen molar-refractivity contribution in [3.05, 3.63) is 5.01 Å².